The minimum absolute atomic E-state index is 0.0526. The molecule has 0 aliphatic heterocycles. The van der Waals surface area contributed by atoms with Crippen LogP contribution in [0.5, 0.6) is 0 Å². The molecule has 0 bridgehead atoms. The van der Waals surface area contributed by atoms with Crippen LogP contribution < -0.4 is 4.72 Å². The molecule has 4 nitrogen and oxygen atoms in total. The highest BCUT2D eigenvalue weighted by molar-refractivity contribution is 9.10. The van der Waals surface area contributed by atoms with E-state index < -0.39 is 10.0 Å². The van der Waals surface area contributed by atoms with Gasteiger partial charge >= 0.3 is 0 Å². The molecule has 0 saturated carbocycles. The van der Waals surface area contributed by atoms with Gasteiger partial charge in [0.1, 0.15) is 0 Å². The van der Waals surface area contributed by atoms with Crippen LogP contribution >= 0.6 is 15.9 Å². The van der Waals surface area contributed by atoms with Crippen molar-refractivity contribution in [2.45, 2.75) is 38.1 Å². The molecular formula is C13H20BrNO3S. The first-order valence-corrected chi connectivity index (χ1v) is 8.33. The van der Waals surface area contributed by atoms with Crippen LogP contribution in [-0.2, 0) is 10.0 Å². The molecule has 1 aromatic rings. The molecule has 1 atom stereocenters. The highest BCUT2D eigenvalue weighted by Crippen LogP contribution is 2.24. The van der Waals surface area contributed by atoms with E-state index in [0.29, 0.717) is 10.9 Å². The lowest BCUT2D eigenvalue weighted by atomic mass is 9.86. The molecule has 0 aromatic heterocycles. The van der Waals surface area contributed by atoms with E-state index in [1.54, 1.807) is 24.3 Å². The van der Waals surface area contributed by atoms with Gasteiger partial charge in [-0.1, -0.05) is 42.8 Å². The first-order chi connectivity index (χ1) is 8.66. The summed E-state index contributed by atoms with van der Waals surface area (Å²) >= 11 is 3.26. The fourth-order valence-electron chi connectivity index (χ4n) is 1.69. The van der Waals surface area contributed by atoms with Gasteiger partial charge in [0.25, 0.3) is 0 Å². The molecule has 0 saturated heterocycles. The Bertz CT molecular complexity index is 523. The van der Waals surface area contributed by atoms with Crippen molar-refractivity contribution < 1.29 is 13.5 Å². The van der Waals surface area contributed by atoms with Crippen molar-refractivity contribution in [2.75, 3.05) is 6.61 Å². The summed E-state index contributed by atoms with van der Waals surface area (Å²) in [5, 5.41) is 9.07. The van der Waals surface area contributed by atoms with Gasteiger partial charge in [0.15, 0.2) is 0 Å². The molecule has 0 heterocycles. The molecule has 6 heteroatoms. The van der Waals surface area contributed by atoms with E-state index >= 15 is 0 Å². The summed E-state index contributed by atoms with van der Waals surface area (Å²) in [5.74, 6) is 0. The van der Waals surface area contributed by atoms with Gasteiger partial charge in [-0.2, -0.15) is 0 Å². The van der Waals surface area contributed by atoms with E-state index in [1.165, 1.54) is 0 Å². The van der Waals surface area contributed by atoms with Crippen molar-refractivity contribution in [1.82, 2.24) is 4.72 Å². The van der Waals surface area contributed by atoms with Gasteiger partial charge in [-0.15, -0.1) is 0 Å². The van der Waals surface area contributed by atoms with Crippen LogP contribution in [0.15, 0.2) is 33.6 Å². The normalized spacial score (nSPS) is 14.4. The van der Waals surface area contributed by atoms with E-state index in [0.717, 1.165) is 0 Å². The van der Waals surface area contributed by atoms with Gasteiger partial charge in [0.05, 0.1) is 4.90 Å². The second kappa shape index (κ2) is 6.35. The summed E-state index contributed by atoms with van der Waals surface area (Å²) in [5.41, 5.74) is -0.262. The number of nitrogens with one attached hydrogen (secondary N) is 1. The maximum Gasteiger partial charge on any atom is 0.240 e. The Morgan fingerprint density at radius 3 is 2.47 bits per heavy atom. The zero-order valence-electron chi connectivity index (χ0n) is 11.4. The van der Waals surface area contributed by atoms with Gasteiger partial charge in [-0.05, 0) is 30.0 Å². The quantitative estimate of drug-likeness (QED) is 0.858. The fourth-order valence-corrected chi connectivity index (χ4v) is 3.76. The SMILES string of the molecule is CC(C)(C)C(CCO)NS(=O)(=O)c1cccc(Br)c1. The third kappa shape index (κ3) is 4.87. The second-order valence-corrected chi connectivity index (χ2v) is 8.14. The zero-order chi connectivity index (χ0) is 14.7. The smallest absolute Gasteiger partial charge is 0.240 e. The number of aliphatic hydroxyl groups is 1. The second-order valence-electron chi connectivity index (χ2n) is 5.51. The maximum atomic E-state index is 12.3. The van der Waals surface area contributed by atoms with Crippen molar-refractivity contribution in [1.29, 1.82) is 0 Å². The summed E-state index contributed by atoms with van der Waals surface area (Å²) in [6.07, 6.45) is 0.386. The lowest BCUT2D eigenvalue weighted by molar-refractivity contribution is 0.214. The molecule has 1 rings (SSSR count). The first-order valence-electron chi connectivity index (χ1n) is 6.05. The van der Waals surface area contributed by atoms with Crippen molar-refractivity contribution in [3.05, 3.63) is 28.7 Å². The molecule has 0 amide bonds. The van der Waals surface area contributed by atoms with E-state index in [-0.39, 0.29) is 23.0 Å². The molecule has 0 aliphatic rings. The Hall–Kier alpha value is -0.430. The van der Waals surface area contributed by atoms with E-state index in [9.17, 15) is 8.42 Å². The number of aliphatic hydroxyl groups excluding tert-OH is 1. The monoisotopic (exact) mass is 349 g/mol. The topological polar surface area (TPSA) is 66.4 Å². The number of rotatable bonds is 5. The van der Waals surface area contributed by atoms with Crippen LogP contribution in [0.25, 0.3) is 0 Å². The molecule has 0 aliphatic carbocycles. The van der Waals surface area contributed by atoms with Crippen molar-refractivity contribution in [3.63, 3.8) is 0 Å². The average molecular weight is 350 g/mol. The van der Waals surface area contributed by atoms with E-state index in [4.69, 9.17) is 5.11 Å². The van der Waals surface area contributed by atoms with Gasteiger partial charge in [-0.25, -0.2) is 13.1 Å². The van der Waals surface area contributed by atoms with Crippen LogP contribution in [0.4, 0.5) is 0 Å². The van der Waals surface area contributed by atoms with Crippen LogP contribution in [-0.4, -0.2) is 26.2 Å². The van der Waals surface area contributed by atoms with Crippen LogP contribution in [0, 0.1) is 5.41 Å². The average Bonchev–Trinajstić information content (AvgIpc) is 2.27. The number of halogens is 1. The molecule has 0 spiro atoms. The highest BCUT2D eigenvalue weighted by Gasteiger charge is 2.29. The Morgan fingerprint density at radius 1 is 1.37 bits per heavy atom. The van der Waals surface area contributed by atoms with Crippen LogP contribution in [0.3, 0.4) is 0 Å². The largest absolute Gasteiger partial charge is 0.396 e. The van der Waals surface area contributed by atoms with Crippen LogP contribution in [0.1, 0.15) is 27.2 Å². The maximum absolute atomic E-state index is 12.3. The summed E-state index contributed by atoms with van der Waals surface area (Å²) in [4.78, 5) is 0.217. The molecule has 1 unspecified atom stereocenters. The zero-order valence-corrected chi connectivity index (χ0v) is 13.8. The Morgan fingerprint density at radius 2 is 2.00 bits per heavy atom. The molecule has 2 N–H and O–H groups in total. The van der Waals surface area contributed by atoms with Gasteiger partial charge < -0.3 is 5.11 Å². The van der Waals surface area contributed by atoms with Gasteiger partial charge in [-0.3, -0.25) is 0 Å². The molecule has 19 heavy (non-hydrogen) atoms. The van der Waals surface area contributed by atoms with Gasteiger partial charge in [0.2, 0.25) is 10.0 Å². The van der Waals surface area contributed by atoms with Crippen molar-refractivity contribution >= 4 is 26.0 Å². The van der Waals surface area contributed by atoms with Crippen molar-refractivity contribution in [3.8, 4) is 0 Å². The Balaban J connectivity index is 3.01. The number of benzene rings is 1. The summed E-state index contributed by atoms with van der Waals surface area (Å²) < 4.78 is 28.0. The highest BCUT2D eigenvalue weighted by atomic mass is 79.9. The summed E-state index contributed by atoms with van der Waals surface area (Å²) in [6, 6.07) is 6.24. The number of hydrogen-bond acceptors (Lipinski definition) is 3. The van der Waals surface area contributed by atoms with E-state index in [1.807, 2.05) is 20.8 Å². The molecule has 0 radical (unpaired) electrons. The first kappa shape index (κ1) is 16.6. The van der Waals surface area contributed by atoms with E-state index in [2.05, 4.69) is 20.7 Å². The fraction of sp³-hybridized carbons (Fsp3) is 0.538. The number of sulfonamides is 1. The predicted molar refractivity (Wildman–Crippen MR) is 79.4 cm³/mol. The van der Waals surface area contributed by atoms with Crippen molar-refractivity contribution in [2.24, 2.45) is 5.41 Å². The van der Waals surface area contributed by atoms with Gasteiger partial charge in [0, 0.05) is 17.1 Å². The standard InChI is InChI=1S/C13H20BrNO3S/c1-13(2,3)12(7-8-16)15-19(17,18)11-6-4-5-10(14)9-11/h4-6,9,12,15-16H,7-8H2,1-3H3. The molecule has 108 valence electrons. The Kier molecular flexibility index (Phi) is 5.55. The lowest BCUT2D eigenvalue weighted by Crippen LogP contribution is -2.44. The molecular weight excluding hydrogens is 330 g/mol. The summed E-state index contributed by atoms with van der Waals surface area (Å²) in [7, 11) is -3.58. The minimum Gasteiger partial charge on any atom is -0.396 e. The summed E-state index contributed by atoms with van der Waals surface area (Å²) in [6.45, 7) is 5.77. The Labute approximate surface area is 123 Å². The molecule has 0 fully saturated rings. The molecule has 1 aromatic carbocycles. The third-order valence-corrected chi connectivity index (χ3v) is 4.83. The lowest BCUT2D eigenvalue weighted by Gasteiger charge is -2.30. The predicted octanol–water partition coefficient (Wildman–Crippen LogP) is 2.52. The minimum atomic E-state index is -3.58. The third-order valence-electron chi connectivity index (χ3n) is 2.87. The number of hydrogen-bond donors (Lipinski definition) is 2. The van der Waals surface area contributed by atoms with Crippen LogP contribution in [0.2, 0.25) is 0 Å².